The molecule has 0 spiro atoms. The van der Waals surface area contributed by atoms with Gasteiger partial charge in [0.1, 0.15) is 12.4 Å². The van der Waals surface area contributed by atoms with Crippen LogP contribution in [0.5, 0.6) is 17.2 Å². The van der Waals surface area contributed by atoms with Gasteiger partial charge >= 0.3 is 6.03 Å². The van der Waals surface area contributed by atoms with Crippen molar-refractivity contribution in [2.75, 3.05) is 31.7 Å². The first-order valence-corrected chi connectivity index (χ1v) is 8.35. The van der Waals surface area contributed by atoms with Crippen LogP contribution in [-0.4, -0.2) is 32.4 Å². The molecule has 0 aliphatic rings. The molecule has 2 amide bonds. The summed E-state index contributed by atoms with van der Waals surface area (Å²) in [5, 5.41) is 5.51. The topological polar surface area (TPSA) is 68.8 Å². The van der Waals surface area contributed by atoms with Gasteiger partial charge in [0, 0.05) is 11.8 Å². The normalized spacial score (nSPS) is 10.0. The van der Waals surface area contributed by atoms with Crippen molar-refractivity contribution in [1.29, 1.82) is 0 Å². The summed E-state index contributed by atoms with van der Waals surface area (Å²) < 4.78 is 16.6. The van der Waals surface area contributed by atoms with Crippen LogP contribution < -0.4 is 24.8 Å². The summed E-state index contributed by atoms with van der Waals surface area (Å²) >= 11 is 0. The molecule has 0 saturated carbocycles. The summed E-state index contributed by atoms with van der Waals surface area (Å²) in [5.41, 5.74) is 0.633. The highest BCUT2D eigenvalue weighted by molar-refractivity contribution is 5.89. The standard InChI is InChI=1S/C19H24N2O4/c1-3-23-17-11-10-15(14-18(17)24-4-2)21-19(22)20-12-13-25-16-8-6-5-7-9-16/h5-11,14H,3-4,12-13H2,1-2H3,(H2,20,21,22). The van der Waals surface area contributed by atoms with Gasteiger partial charge in [-0.1, -0.05) is 18.2 Å². The van der Waals surface area contributed by atoms with E-state index in [-0.39, 0.29) is 6.03 Å². The molecule has 2 aromatic carbocycles. The molecule has 6 nitrogen and oxygen atoms in total. The Balaban J connectivity index is 1.80. The van der Waals surface area contributed by atoms with Crippen LogP contribution in [0, 0.1) is 0 Å². The van der Waals surface area contributed by atoms with Crippen LogP contribution in [-0.2, 0) is 0 Å². The number of hydrogen-bond acceptors (Lipinski definition) is 4. The molecule has 2 aromatic rings. The summed E-state index contributed by atoms with van der Waals surface area (Å²) in [6, 6.07) is 14.5. The van der Waals surface area contributed by atoms with Crippen LogP contribution in [0.1, 0.15) is 13.8 Å². The smallest absolute Gasteiger partial charge is 0.319 e. The lowest BCUT2D eigenvalue weighted by molar-refractivity contribution is 0.247. The van der Waals surface area contributed by atoms with Gasteiger partial charge in [0.05, 0.1) is 19.8 Å². The zero-order valence-corrected chi connectivity index (χ0v) is 14.6. The number of urea groups is 1. The van der Waals surface area contributed by atoms with Crippen molar-refractivity contribution in [3.63, 3.8) is 0 Å². The Morgan fingerprint density at radius 3 is 2.36 bits per heavy atom. The SMILES string of the molecule is CCOc1ccc(NC(=O)NCCOc2ccccc2)cc1OCC. The number of para-hydroxylation sites is 1. The Morgan fingerprint density at radius 1 is 0.920 bits per heavy atom. The van der Waals surface area contributed by atoms with E-state index in [0.29, 0.717) is 43.6 Å². The summed E-state index contributed by atoms with van der Waals surface area (Å²) in [4.78, 5) is 12.0. The molecule has 0 atom stereocenters. The minimum atomic E-state index is -0.303. The number of amides is 2. The first-order chi connectivity index (χ1) is 12.2. The number of hydrogen-bond donors (Lipinski definition) is 2. The average Bonchev–Trinajstić information content (AvgIpc) is 2.62. The second-order valence-corrected chi connectivity index (χ2v) is 5.07. The number of ether oxygens (including phenoxy) is 3. The minimum Gasteiger partial charge on any atom is -0.492 e. The third-order valence-corrected chi connectivity index (χ3v) is 3.20. The molecule has 0 heterocycles. The zero-order chi connectivity index (χ0) is 17.9. The Labute approximate surface area is 148 Å². The molecule has 0 radical (unpaired) electrons. The molecule has 2 rings (SSSR count). The molecule has 0 aliphatic heterocycles. The molecule has 2 N–H and O–H groups in total. The van der Waals surface area contributed by atoms with E-state index in [0.717, 1.165) is 5.75 Å². The maximum absolute atomic E-state index is 12.0. The third-order valence-electron chi connectivity index (χ3n) is 3.20. The second kappa shape index (κ2) is 10.1. The molecule has 134 valence electrons. The van der Waals surface area contributed by atoms with E-state index in [1.54, 1.807) is 18.2 Å². The summed E-state index contributed by atoms with van der Waals surface area (Å²) in [7, 11) is 0. The lowest BCUT2D eigenvalue weighted by Gasteiger charge is -2.13. The quantitative estimate of drug-likeness (QED) is 0.681. The van der Waals surface area contributed by atoms with Gasteiger partial charge in [-0.3, -0.25) is 0 Å². The molecule has 0 saturated heterocycles. The Bertz CT molecular complexity index is 662. The van der Waals surface area contributed by atoms with Gasteiger partial charge in [0.15, 0.2) is 11.5 Å². The highest BCUT2D eigenvalue weighted by Crippen LogP contribution is 2.30. The molecular formula is C19H24N2O4. The number of nitrogens with one attached hydrogen (secondary N) is 2. The second-order valence-electron chi connectivity index (χ2n) is 5.07. The van der Waals surface area contributed by atoms with E-state index in [4.69, 9.17) is 14.2 Å². The predicted octanol–water partition coefficient (Wildman–Crippen LogP) is 3.68. The first kappa shape index (κ1) is 18.4. The van der Waals surface area contributed by atoms with Crippen molar-refractivity contribution in [1.82, 2.24) is 5.32 Å². The fourth-order valence-corrected chi connectivity index (χ4v) is 2.15. The predicted molar refractivity (Wildman–Crippen MR) is 97.7 cm³/mol. The van der Waals surface area contributed by atoms with Crippen molar-refractivity contribution in [3.05, 3.63) is 48.5 Å². The van der Waals surface area contributed by atoms with E-state index in [9.17, 15) is 4.79 Å². The lowest BCUT2D eigenvalue weighted by atomic mass is 10.2. The van der Waals surface area contributed by atoms with Crippen LogP contribution in [0.3, 0.4) is 0 Å². The number of rotatable bonds is 9. The van der Waals surface area contributed by atoms with Gasteiger partial charge in [-0.15, -0.1) is 0 Å². The molecule has 0 aliphatic carbocycles. The first-order valence-electron chi connectivity index (χ1n) is 8.35. The fraction of sp³-hybridized carbons (Fsp3) is 0.316. The molecule has 25 heavy (non-hydrogen) atoms. The van der Waals surface area contributed by atoms with Crippen LogP contribution in [0.25, 0.3) is 0 Å². The Morgan fingerprint density at radius 2 is 1.64 bits per heavy atom. The van der Waals surface area contributed by atoms with E-state index < -0.39 is 0 Å². The Hall–Kier alpha value is -2.89. The molecule has 0 aromatic heterocycles. The van der Waals surface area contributed by atoms with Gasteiger partial charge < -0.3 is 24.8 Å². The van der Waals surface area contributed by atoms with E-state index >= 15 is 0 Å². The summed E-state index contributed by atoms with van der Waals surface area (Å²) in [5.74, 6) is 2.04. The lowest BCUT2D eigenvalue weighted by Crippen LogP contribution is -2.32. The monoisotopic (exact) mass is 344 g/mol. The Kier molecular flexibility index (Phi) is 7.43. The van der Waals surface area contributed by atoms with Crippen molar-refractivity contribution in [2.45, 2.75) is 13.8 Å². The van der Waals surface area contributed by atoms with Crippen LogP contribution in [0.2, 0.25) is 0 Å². The summed E-state index contributed by atoms with van der Waals surface area (Å²) in [6.45, 7) is 5.67. The van der Waals surface area contributed by atoms with Gasteiger partial charge in [0.2, 0.25) is 0 Å². The number of carbonyl (C=O) groups is 1. The van der Waals surface area contributed by atoms with Gasteiger partial charge in [-0.05, 0) is 38.1 Å². The van der Waals surface area contributed by atoms with Crippen molar-refractivity contribution < 1.29 is 19.0 Å². The van der Waals surface area contributed by atoms with Crippen molar-refractivity contribution in [3.8, 4) is 17.2 Å². The van der Waals surface area contributed by atoms with Crippen LogP contribution in [0.4, 0.5) is 10.5 Å². The average molecular weight is 344 g/mol. The molecule has 0 fully saturated rings. The maximum atomic E-state index is 12.0. The van der Waals surface area contributed by atoms with Gasteiger partial charge in [-0.2, -0.15) is 0 Å². The van der Waals surface area contributed by atoms with Crippen molar-refractivity contribution in [2.24, 2.45) is 0 Å². The number of anilines is 1. The van der Waals surface area contributed by atoms with E-state index in [1.165, 1.54) is 0 Å². The highest BCUT2D eigenvalue weighted by atomic mass is 16.5. The molecule has 0 bridgehead atoms. The highest BCUT2D eigenvalue weighted by Gasteiger charge is 2.08. The van der Waals surface area contributed by atoms with Crippen molar-refractivity contribution >= 4 is 11.7 Å². The molecule has 0 unspecified atom stereocenters. The minimum absolute atomic E-state index is 0.303. The molecule has 6 heteroatoms. The van der Waals surface area contributed by atoms with Crippen LogP contribution >= 0.6 is 0 Å². The fourth-order valence-electron chi connectivity index (χ4n) is 2.15. The number of carbonyl (C=O) groups excluding carboxylic acids is 1. The third kappa shape index (κ3) is 6.25. The number of benzene rings is 2. The maximum Gasteiger partial charge on any atom is 0.319 e. The largest absolute Gasteiger partial charge is 0.492 e. The van der Waals surface area contributed by atoms with Gasteiger partial charge in [-0.25, -0.2) is 4.79 Å². The van der Waals surface area contributed by atoms with E-state index in [1.807, 2.05) is 44.2 Å². The zero-order valence-electron chi connectivity index (χ0n) is 14.6. The van der Waals surface area contributed by atoms with Crippen LogP contribution in [0.15, 0.2) is 48.5 Å². The molecular weight excluding hydrogens is 320 g/mol. The van der Waals surface area contributed by atoms with E-state index in [2.05, 4.69) is 10.6 Å². The summed E-state index contributed by atoms with van der Waals surface area (Å²) in [6.07, 6.45) is 0. The van der Waals surface area contributed by atoms with Gasteiger partial charge in [0.25, 0.3) is 0 Å².